The summed E-state index contributed by atoms with van der Waals surface area (Å²) in [6.45, 7) is 0.207. The Kier molecular flexibility index (Phi) is 5.18. The molecule has 0 aliphatic rings. The van der Waals surface area contributed by atoms with Gasteiger partial charge in [-0.15, -0.1) is 0 Å². The van der Waals surface area contributed by atoms with Crippen LogP contribution in [0.1, 0.15) is 5.56 Å². The van der Waals surface area contributed by atoms with E-state index in [1.165, 1.54) is 14.2 Å². The average molecular weight is 301 g/mol. The van der Waals surface area contributed by atoms with Crippen LogP contribution in [0.3, 0.4) is 0 Å². The third kappa shape index (κ3) is 3.87. The fourth-order valence-corrected chi connectivity index (χ4v) is 1.79. The molecular weight excluding hydrogens is 288 g/mol. The largest absolute Gasteiger partial charge is 0.496 e. The maximum Gasteiger partial charge on any atom is 0.328 e. The van der Waals surface area contributed by atoms with Crippen molar-refractivity contribution in [3.05, 3.63) is 34.3 Å². The van der Waals surface area contributed by atoms with Gasteiger partial charge in [0, 0.05) is 23.2 Å². The van der Waals surface area contributed by atoms with Crippen molar-refractivity contribution in [1.29, 1.82) is 0 Å². The van der Waals surface area contributed by atoms with Crippen LogP contribution in [-0.2, 0) is 9.53 Å². The number of rotatable bonds is 5. The van der Waals surface area contributed by atoms with E-state index in [0.29, 0.717) is 16.9 Å². The topological polar surface area (TPSA) is 55.8 Å². The van der Waals surface area contributed by atoms with E-state index in [9.17, 15) is 4.79 Å². The number of benzene rings is 1. The highest BCUT2D eigenvalue weighted by molar-refractivity contribution is 9.10. The Morgan fingerprint density at radius 1 is 1.47 bits per heavy atom. The lowest BCUT2D eigenvalue weighted by Gasteiger charge is -2.11. The number of aliphatic carboxylic acids is 1. The van der Waals surface area contributed by atoms with Gasteiger partial charge in [0.15, 0.2) is 0 Å². The fraction of sp³-hybridized carbons (Fsp3) is 0.250. The minimum absolute atomic E-state index is 0.207. The lowest BCUT2D eigenvalue weighted by molar-refractivity contribution is -0.131. The Morgan fingerprint density at radius 3 is 2.71 bits per heavy atom. The zero-order chi connectivity index (χ0) is 12.8. The lowest BCUT2D eigenvalue weighted by Crippen LogP contribution is -2.01. The van der Waals surface area contributed by atoms with Crippen LogP contribution in [0.4, 0.5) is 0 Å². The number of hydrogen-bond donors (Lipinski definition) is 1. The first-order chi connectivity index (χ1) is 8.08. The van der Waals surface area contributed by atoms with Gasteiger partial charge in [-0.2, -0.15) is 0 Å². The lowest BCUT2D eigenvalue weighted by atomic mass is 10.1. The molecule has 0 aliphatic carbocycles. The molecule has 4 nitrogen and oxygen atoms in total. The van der Waals surface area contributed by atoms with Gasteiger partial charge in [-0.3, -0.25) is 0 Å². The second kappa shape index (κ2) is 6.42. The van der Waals surface area contributed by atoms with Crippen LogP contribution in [0.2, 0.25) is 0 Å². The molecule has 0 unspecified atom stereocenters. The minimum atomic E-state index is -1.01. The number of halogens is 1. The molecule has 0 amide bonds. The van der Waals surface area contributed by atoms with Crippen LogP contribution in [0.5, 0.6) is 5.75 Å². The van der Waals surface area contributed by atoms with E-state index in [2.05, 4.69) is 15.9 Å². The van der Waals surface area contributed by atoms with E-state index < -0.39 is 5.97 Å². The van der Waals surface area contributed by atoms with Gasteiger partial charge in [-0.25, -0.2) is 4.79 Å². The number of carboxylic acids is 1. The number of carbonyl (C=O) groups is 1. The van der Waals surface area contributed by atoms with E-state index in [1.807, 2.05) is 6.07 Å². The SMILES string of the molecule is COC/C(=C\C(=O)O)c1cc(Br)ccc1OC. The Hall–Kier alpha value is -1.33. The zero-order valence-electron chi connectivity index (χ0n) is 9.57. The van der Waals surface area contributed by atoms with E-state index in [1.54, 1.807) is 12.1 Å². The molecule has 0 saturated heterocycles. The summed E-state index contributed by atoms with van der Waals surface area (Å²) in [7, 11) is 3.05. The second-order valence-electron chi connectivity index (χ2n) is 3.29. The van der Waals surface area contributed by atoms with Gasteiger partial charge in [-0.05, 0) is 23.8 Å². The maximum atomic E-state index is 10.8. The van der Waals surface area contributed by atoms with Crippen LogP contribution in [0.15, 0.2) is 28.7 Å². The van der Waals surface area contributed by atoms with Crippen molar-refractivity contribution in [2.45, 2.75) is 0 Å². The van der Waals surface area contributed by atoms with Crippen LogP contribution in [0, 0.1) is 0 Å². The molecule has 0 saturated carbocycles. The summed E-state index contributed by atoms with van der Waals surface area (Å²) in [6.07, 6.45) is 1.12. The summed E-state index contributed by atoms with van der Waals surface area (Å²) in [5.74, 6) is -0.406. The molecule has 5 heteroatoms. The van der Waals surface area contributed by atoms with Crippen molar-refractivity contribution in [1.82, 2.24) is 0 Å². The summed E-state index contributed by atoms with van der Waals surface area (Å²) in [5.41, 5.74) is 1.25. The number of carboxylic acid groups (broad SMARTS) is 1. The van der Waals surface area contributed by atoms with Crippen molar-refractivity contribution in [3.8, 4) is 5.75 Å². The molecule has 1 N–H and O–H groups in total. The maximum absolute atomic E-state index is 10.8. The third-order valence-electron chi connectivity index (χ3n) is 2.11. The highest BCUT2D eigenvalue weighted by Crippen LogP contribution is 2.29. The molecule has 1 aromatic rings. The predicted molar refractivity (Wildman–Crippen MR) is 68.2 cm³/mol. The van der Waals surface area contributed by atoms with Crippen molar-refractivity contribution < 1.29 is 19.4 Å². The van der Waals surface area contributed by atoms with Gasteiger partial charge >= 0.3 is 5.97 Å². The number of hydrogen-bond acceptors (Lipinski definition) is 3. The standard InChI is InChI=1S/C12H13BrO4/c1-16-7-8(5-12(14)15)10-6-9(13)3-4-11(10)17-2/h3-6H,7H2,1-2H3,(H,14,15)/b8-5+. The Labute approximate surface area is 108 Å². The third-order valence-corrected chi connectivity index (χ3v) is 2.60. The predicted octanol–water partition coefficient (Wildman–Crippen LogP) is 2.57. The van der Waals surface area contributed by atoms with Gasteiger partial charge in [0.05, 0.1) is 13.7 Å². The molecule has 1 aromatic carbocycles. The molecule has 0 radical (unpaired) electrons. The van der Waals surface area contributed by atoms with Crippen LogP contribution < -0.4 is 4.74 Å². The second-order valence-corrected chi connectivity index (χ2v) is 4.20. The molecule has 92 valence electrons. The molecule has 1 rings (SSSR count). The molecule has 0 aromatic heterocycles. The summed E-state index contributed by atoms with van der Waals surface area (Å²) in [5, 5.41) is 8.82. The first kappa shape index (κ1) is 13.7. The van der Waals surface area contributed by atoms with E-state index >= 15 is 0 Å². The Bertz CT molecular complexity index is 440. The molecule has 0 bridgehead atoms. The molecular formula is C12H13BrO4. The smallest absolute Gasteiger partial charge is 0.328 e. The first-order valence-electron chi connectivity index (χ1n) is 4.84. The first-order valence-corrected chi connectivity index (χ1v) is 5.64. The van der Waals surface area contributed by atoms with Gasteiger partial charge in [-0.1, -0.05) is 15.9 Å². The van der Waals surface area contributed by atoms with Gasteiger partial charge < -0.3 is 14.6 Å². The van der Waals surface area contributed by atoms with Crippen LogP contribution >= 0.6 is 15.9 Å². The van der Waals surface area contributed by atoms with Crippen molar-refractivity contribution in [2.75, 3.05) is 20.8 Å². The van der Waals surface area contributed by atoms with Crippen LogP contribution in [-0.4, -0.2) is 31.9 Å². The van der Waals surface area contributed by atoms with E-state index in [-0.39, 0.29) is 6.61 Å². The van der Waals surface area contributed by atoms with Crippen molar-refractivity contribution in [2.24, 2.45) is 0 Å². The zero-order valence-corrected chi connectivity index (χ0v) is 11.2. The summed E-state index contributed by atoms with van der Waals surface area (Å²) in [6, 6.07) is 5.39. The van der Waals surface area contributed by atoms with Gasteiger partial charge in [0.1, 0.15) is 5.75 Å². The summed E-state index contributed by atoms with van der Waals surface area (Å²) in [4.78, 5) is 10.8. The molecule has 0 spiro atoms. The molecule has 17 heavy (non-hydrogen) atoms. The van der Waals surface area contributed by atoms with Crippen molar-refractivity contribution >= 4 is 27.5 Å². The molecule has 0 aliphatic heterocycles. The van der Waals surface area contributed by atoms with Gasteiger partial charge in [0.25, 0.3) is 0 Å². The molecule has 0 fully saturated rings. The quantitative estimate of drug-likeness (QED) is 0.849. The Morgan fingerprint density at radius 2 is 2.18 bits per heavy atom. The highest BCUT2D eigenvalue weighted by Gasteiger charge is 2.10. The fourth-order valence-electron chi connectivity index (χ4n) is 1.43. The monoisotopic (exact) mass is 300 g/mol. The number of ether oxygens (including phenoxy) is 2. The average Bonchev–Trinajstić information content (AvgIpc) is 2.28. The minimum Gasteiger partial charge on any atom is -0.496 e. The van der Waals surface area contributed by atoms with Gasteiger partial charge in [0.2, 0.25) is 0 Å². The summed E-state index contributed by atoms with van der Waals surface area (Å²) >= 11 is 3.34. The highest BCUT2D eigenvalue weighted by atomic mass is 79.9. The van der Waals surface area contributed by atoms with Crippen molar-refractivity contribution in [3.63, 3.8) is 0 Å². The van der Waals surface area contributed by atoms with E-state index in [4.69, 9.17) is 14.6 Å². The Balaban J connectivity index is 3.25. The van der Waals surface area contributed by atoms with Crippen LogP contribution in [0.25, 0.3) is 5.57 Å². The normalized spacial score (nSPS) is 11.4. The molecule has 0 heterocycles. The summed E-state index contributed by atoms with van der Waals surface area (Å²) < 4.78 is 11.0. The number of methoxy groups -OCH3 is 2. The van der Waals surface area contributed by atoms with E-state index in [0.717, 1.165) is 10.5 Å². The molecule has 0 atom stereocenters.